The van der Waals surface area contributed by atoms with E-state index >= 15 is 0 Å². The molecule has 2 aromatic heterocycles. The maximum Gasteiger partial charge on any atom is 0.345 e. The lowest BCUT2D eigenvalue weighted by Gasteiger charge is -2.09. The standard InChI is InChI=1S/C20H20N2O2/c1-14-7-9-18(10-8-14)24-20(23)19-12-15(2)22(16(19)3)13-17-6-4-5-11-21-17/h4-12H,13H2,1-3H3. The molecule has 0 radical (unpaired) electrons. The number of hydrogen-bond donors (Lipinski definition) is 0. The molecule has 0 unspecified atom stereocenters. The van der Waals surface area contributed by atoms with Crippen LogP contribution in [0.3, 0.4) is 0 Å². The highest BCUT2D eigenvalue weighted by molar-refractivity contribution is 5.92. The second-order valence-corrected chi connectivity index (χ2v) is 5.89. The molecule has 4 heteroatoms. The number of hydrogen-bond acceptors (Lipinski definition) is 3. The van der Waals surface area contributed by atoms with Crippen LogP contribution in [0.5, 0.6) is 5.75 Å². The normalized spacial score (nSPS) is 10.6. The van der Waals surface area contributed by atoms with Crippen molar-refractivity contribution in [1.29, 1.82) is 0 Å². The van der Waals surface area contributed by atoms with Crippen molar-refractivity contribution in [1.82, 2.24) is 9.55 Å². The van der Waals surface area contributed by atoms with Crippen LogP contribution in [0, 0.1) is 20.8 Å². The van der Waals surface area contributed by atoms with Crippen molar-refractivity contribution < 1.29 is 9.53 Å². The molecule has 0 fully saturated rings. The number of benzene rings is 1. The number of carbonyl (C=O) groups is 1. The molecule has 122 valence electrons. The van der Waals surface area contributed by atoms with Gasteiger partial charge in [0.2, 0.25) is 0 Å². The van der Waals surface area contributed by atoms with Crippen LogP contribution in [-0.2, 0) is 6.54 Å². The minimum absolute atomic E-state index is 0.334. The zero-order valence-corrected chi connectivity index (χ0v) is 14.1. The van der Waals surface area contributed by atoms with Gasteiger partial charge in [0.05, 0.1) is 17.8 Å². The van der Waals surface area contributed by atoms with Crippen molar-refractivity contribution in [2.24, 2.45) is 0 Å². The SMILES string of the molecule is Cc1ccc(OC(=O)c2cc(C)n(Cc3ccccn3)c2C)cc1. The maximum absolute atomic E-state index is 12.5. The van der Waals surface area contributed by atoms with Crippen molar-refractivity contribution in [3.63, 3.8) is 0 Å². The van der Waals surface area contributed by atoms with Gasteiger partial charge in [0, 0.05) is 17.6 Å². The lowest BCUT2D eigenvalue weighted by atomic mass is 10.2. The molecule has 4 nitrogen and oxygen atoms in total. The topological polar surface area (TPSA) is 44.1 Å². The van der Waals surface area contributed by atoms with E-state index in [-0.39, 0.29) is 5.97 Å². The molecule has 0 atom stereocenters. The molecule has 24 heavy (non-hydrogen) atoms. The Labute approximate surface area is 141 Å². The second-order valence-electron chi connectivity index (χ2n) is 5.89. The number of carbonyl (C=O) groups excluding carboxylic acids is 1. The van der Waals surface area contributed by atoms with E-state index in [4.69, 9.17) is 4.74 Å². The quantitative estimate of drug-likeness (QED) is 0.537. The summed E-state index contributed by atoms with van der Waals surface area (Å²) in [7, 11) is 0. The van der Waals surface area contributed by atoms with Crippen molar-refractivity contribution >= 4 is 5.97 Å². The minimum Gasteiger partial charge on any atom is -0.423 e. The molecule has 3 aromatic rings. The molecule has 0 spiro atoms. The lowest BCUT2D eigenvalue weighted by molar-refractivity contribution is 0.0734. The van der Waals surface area contributed by atoms with Gasteiger partial charge in [-0.25, -0.2) is 4.79 Å². The summed E-state index contributed by atoms with van der Waals surface area (Å²) in [6.45, 7) is 6.55. The fraction of sp³-hybridized carbons (Fsp3) is 0.200. The Morgan fingerprint density at radius 2 is 1.83 bits per heavy atom. The molecule has 1 aromatic carbocycles. The predicted molar refractivity (Wildman–Crippen MR) is 93.4 cm³/mol. The Balaban J connectivity index is 1.82. The molecule has 2 heterocycles. The molecular weight excluding hydrogens is 300 g/mol. The van der Waals surface area contributed by atoms with Gasteiger partial charge in [0.25, 0.3) is 0 Å². The van der Waals surface area contributed by atoms with Crippen LogP contribution in [0.1, 0.15) is 33.0 Å². The van der Waals surface area contributed by atoms with Gasteiger partial charge in [-0.1, -0.05) is 23.8 Å². The molecule has 0 bridgehead atoms. The van der Waals surface area contributed by atoms with Crippen LogP contribution < -0.4 is 4.74 Å². The Hall–Kier alpha value is -2.88. The average molecular weight is 320 g/mol. The number of ether oxygens (including phenoxy) is 1. The molecule has 0 aliphatic rings. The Kier molecular flexibility index (Phi) is 4.47. The van der Waals surface area contributed by atoms with E-state index in [2.05, 4.69) is 9.55 Å². The average Bonchev–Trinajstić information content (AvgIpc) is 2.86. The first-order chi connectivity index (χ1) is 11.5. The largest absolute Gasteiger partial charge is 0.423 e. The number of pyridine rings is 1. The molecule has 0 aliphatic heterocycles. The molecule has 0 N–H and O–H groups in total. The van der Waals surface area contributed by atoms with E-state index in [1.54, 1.807) is 18.3 Å². The summed E-state index contributed by atoms with van der Waals surface area (Å²) in [4.78, 5) is 16.8. The molecule has 0 saturated carbocycles. The first-order valence-electron chi connectivity index (χ1n) is 7.90. The fourth-order valence-corrected chi connectivity index (χ4v) is 2.67. The molecular formula is C20H20N2O2. The third kappa shape index (κ3) is 3.38. The third-order valence-corrected chi connectivity index (χ3v) is 4.07. The summed E-state index contributed by atoms with van der Waals surface area (Å²) in [5.41, 5.74) is 4.56. The first-order valence-corrected chi connectivity index (χ1v) is 7.90. The van der Waals surface area contributed by atoms with E-state index in [1.807, 2.05) is 57.2 Å². The van der Waals surface area contributed by atoms with Crippen molar-refractivity contribution in [2.75, 3.05) is 0 Å². The summed E-state index contributed by atoms with van der Waals surface area (Å²) >= 11 is 0. The summed E-state index contributed by atoms with van der Waals surface area (Å²) < 4.78 is 7.56. The molecule has 0 aliphatic carbocycles. The highest BCUT2D eigenvalue weighted by Gasteiger charge is 2.18. The summed E-state index contributed by atoms with van der Waals surface area (Å²) in [5, 5.41) is 0. The number of rotatable bonds is 4. The van der Waals surface area contributed by atoms with Gasteiger partial charge in [-0.15, -0.1) is 0 Å². The van der Waals surface area contributed by atoms with Crippen LogP contribution in [0.15, 0.2) is 54.7 Å². The number of aromatic nitrogens is 2. The predicted octanol–water partition coefficient (Wildman–Crippen LogP) is 4.08. The van der Waals surface area contributed by atoms with Crippen molar-refractivity contribution in [3.05, 3.63) is 82.9 Å². The summed E-state index contributed by atoms with van der Waals surface area (Å²) in [6, 6.07) is 15.2. The summed E-state index contributed by atoms with van der Waals surface area (Å²) in [5.74, 6) is 0.222. The Morgan fingerprint density at radius 3 is 2.50 bits per heavy atom. The first kappa shape index (κ1) is 16.0. The van der Waals surface area contributed by atoms with Gasteiger partial charge in [-0.05, 0) is 51.1 Å². The van der Waals surface area contributed by atoms with Crippen molar-refractivity contribution in [3.8, 4) is 5.75 Å². The van der Waals surface area contributed by atoms with Crippen molar-refractivity contribution in [2.45, 2.75) is 27.3 Å². The van der Waals surface area contributed by atoms with Gasteiger partial charge < -0.3 is 9.30 Å². The van der Waals surface area contributed by atoms with Gasteiger partial charge in [0.1, 0.15) is 5.75 Å². The molecule has 3 rings (SSSR count). The van der Waals surface area contributed by atoms with E-state index in [0.717, 1.165) is 22.6 Å². The van der Waals surface area contributed by atoms with E-state index in [9.17, 15) is 4.79 Å². The van der Waals surface area contributed by atoms with Crippen LogP contribution in [0.4, 0.5) is 0 Å². The minimum atomic E-state index is -0.334. The zero-order valence-electron chi connectivity index (χ0n) is 14.1. The number of nitrogens with zero attached hydrogens (tertiary/aromatic N) is 2. The summed E-state index contributed by atoms with van der Waals surface area (Å²) in [6.07, 6.45) is 1.77. The van der Waals surface area contributed by atoms with Gasteiger partial charge >= 0.3 is 5.97 Å². The van der Waals surface area contributed by atoms with E-state index < -0.39 is 0 Å². The second kappa shape index (κ2) is 6.71. The van der Waals surface area contributed by atoms with E-state index in [0.29, 0.717) is 17.9 Å². The van der Waals surface area contributed by atoms with Crippen LogP contribution >= 0.6 is 0 Å². The number of aryl methyl sites for hydroxylation is 2. The highest BCUT2D eigenvalue weighted by Crippen LogP contribution is 2.20. The van der Waals surface area contributed by atoms with E-state index in [1.165, 1.54) is 0 Å². The highest BCUT2D eigenvalue weighted by atomic mass is 16.5. The van der Waals surface area contributed by atoms with Gasteiger partial charge in [-0.3, -0.25) is 4.98 Å². The van der Waals surface area contributed by atoms with Gasteiger partial charge in [-0.2, -0.15) is 0 Å². The molecule has 0 amide bonds. The van der Waals surface area contributed by atoms with Gasteiger partial charge in [0.15, 0.2) is 0 Å². The van der Waals surface area contributed by atoms with Crippen LogP contribution in [0.25, 0.3) is 0 Å². The Bertz CT molecular complexity index is 849. The zero-order chi connectivity index (χ0) is 17.1. The number of esters is 1. The monoisotopic (exact) mass is 320 g/mol. The lowest BCUT2D eigenvalue weighted by Crippen LogP contribution is -2.11. The van der Waals surface area contributed by atoms with Crippen LogP contribution in [0.2, 0.25) is 0 Å². The van der Waals surface area contributed by atoms with Crippen LogP contribution in [-0.4, -0.2) is 15.5 Å². The molecule has 0 saturated heterocycles. The fourth-order valence-electron chi connectivity index (χ4n) is 2.67. The smallest absolute Gasteiger partial charge is 0.345 e. The Morgan fingerprint density at radius 1 is 1.08 bits per heavy atom. The third-order valence-electron chi connectivity index (χ3n) is 4.07. The maximum atomic E-state index is 12.5.